The van der Waals surface area contributed by atoms with Gasteiger partial charge in [-0.05, 0) is 37.5 Å². The first-order valence-corrected chi connectivity index (χ1v) is 9.47. The number of hydrogen-bond donors (Lipinski definition) is 1. The second-order valence-corrected chi connectivity index (χ2v) is 8.15. The van der Waals surface area contributed by atoms with Gasteiger partial charge in [-0.2, -0.15) is 0 Å². The van der Waals surface area contributed by atoms with E-state index in [9.17, 15) is 13.2 Å². The van der Waals surface area contributed by atoms with Crippen molar-refractivity contribution in [3.8, 4) is 0 Å². The van der Waals surface area contributed by atoms with Crippen molar-refractivity contribution in [3.63, 3.8) is 0 Å². The van der Waals surface area contributed by atoms with E-state index >= 15 is 0 Å². The molecule has 0 radical (unpaired) electrons. The van der Waals surface area contributed by atoms with Crippen LogP contribution in [-0.4, -0.2) is 49.9 Å². The molecule has 2 unspecified atom stereocenters. The topological polar surface area (TPSA) is 66.5 Å². The maximum atomic E-state index is 12.4. The summed E-state index contributed by atoms with van der Waals surface area (Å²) in [7, 11) is -1.29. The fourth-order valence-corrected chi connectivity index (χ4v) is 4.49. The summed E-state index contributed by atoms with van der Waals surface area (Å²) in [5.41, 5.74) is 2.14. The zero-order valence-electron chi connectivity index (χ0n) is 13.4. The third-order valence-corrected chi connectivity index (χ3v) is 5.97. The lowest BCUT2D eigenvalue weighted by Gasteiger charge is -2.27. The van der Waals surface area contributed by atoms with Crippen LogP contribution >= 0.6 is 0 Å². The van der Waals surface area contributed by atoms with E-state index in [0.29, 0.717) is 6.42 Å². The maximum absolute atomic E-state index is 12.4. The average Bonchev–Trinajstić information content (AvgIpc) is 2.86. The lowest BCUT2D eigenvalue weighted by Crippen LogP contribution is -2.45. The molecule has 22 heavy (non-hydrogen) atoms. The highest BCUT2D eigenvalue weighted by Crippen LogP contribution is 2.18. The normalized spacial score (nSPS) is 21.3. The third-order valence-electron chi connectivity index (χ3n) is 4.22. The number of hydrogen-bond acceptors (Lipinski definition) is 4. The zero-order chi connectivity index (χ0) is 16.3. The Morgan fingerprint density at radius 3 is 2.50 bits per heavy atom. The predicted octanol–water partition coefficient (Wildman–Crippen LogP) is 1.69. The number of benzene rings is 1. The molecule has 0 aliphatic carbocycles. The van der Waals surface area contributed by atoms with Crippen LogP contribution in [-0.2, 0) is 21.1 Å². The van der Waals surface area contributed by atoms with E-state index in [-0.39, 0.29) is 29.5 Å². The van der Waals surface area contributed by atoms with Crippen LogP contribution in [0.2, 0.25) is 0 Å². The summed E-state index contributed by atoms with van der Waals surface area (Å²) >= 11 is 0. The van der Waals surface area contributed by atoms with Crippen molar-refractivity contribution in [1.29, 1.82) is 0 Å². The average molecular weight is 324 g/mol. The second-order valence-electron chi connectivity index (χ2n) is 5.92. The lowest BCUT2D eigenvalue weighted by atomic mass is 10.1. The first-order valence-electron chi connectivity index (χ1n) is 7.65. The predicted molar refractivity (Wildman–Crippen MR) is 88.7 cm³/mol. The maximum Gasteiger partial charge on any atom is 0.244 e. The Morgan fingerprint density at radius 1 is 1.36 bits per heavy atom. The van der Waals surface area contributed by atoms with Crippen LogP contribution in [0, 0.1) is 0 Å². The number of carbonyl (C=O) groups is 1. The smallest absolute Gasteiger partial charge is 0.244 e. The summed E-state index contributed by atoms with van der Waals surface area (Å²) in [6, 6.07) is 7.40. The van der Waals surface area contributed by atoms with Gasteiger partial charge in [-0.25, -0.2) is 8.42 Å². The molecule has 5 nitrogen and oxygen atoms in total. The second kappa shape index (κ2) is 6.69. The molecule has 1 heterocycles. The number of nitrogens with one attached hydrogen (secondary N) is 1. The van der Waals surface area contributed by atoms with E-state index in [2.05, 4.69) is 12.2 Å². The number of sulfone groups is 1. The summed E-state index contributed by atoms with van der Waals surface area (Å²) in [6.07, 6.45) is 1.51. The lowest BCUT2D eigenvalue weighted by molar-refractivity contribution is -0.132. The number of amides is 1. The van der Waals surface area contributed by atoms with Crippen LogP contribution in [0.3, 0.4) is 0 Å². The van der Waals surface area contributed by atoms with E-state index in [1.54, 1.807) is 18.9 Å². The Morgan fingerprint density at radius 2 is 2.00 bits per heavy atom. The number of rotatable bonds is 5. The first kappa shape index (κ1) is 16.8. The van der Waals surface area contributed by atoms with E-state index in [1.807, 2.05) is 24.3 Å². The Bertz CT molecular complexity index is 625. The van der Waals surface area contributed by atoms with Gasteiger partial charge in [0.1, 0.15) is 6.04 Å². The highest BCUT2D eigenvalue weighted by molar-refractivity contribution is 7.91. The van der Waals surface area contributed by atoms with E-state index < -0.39 is 9.84 Å². The van der Waals surface area contributed by atoms with Gasteiger partial charge in [-0.1, -0.05) is 19.1 Å². The Hall–Kier alpha value is -1.56. The molecule has 2 atom stereocenters. The van der Waals surface area contributed by atoms with E-state index in [1.165, 1.54) is 5.56 Å². The summed E-state index contributed by atoms with van der Waals surface area (Å²) in [5.74, 6) is 0.171. The van der Waals surface area contributed by atoms with Crippen molar-refractivity contribution >= 4 is 21.4 Å². The minimum Gasteiger partial charge on any atom is -0.374 e. The van der Waals surface area contributed by atoms with Crippen molar-refractivity contribution in [2.24, 2.45) is 0 Å². The van der Waals surface area contributed by atoms with Gasteiger partial charge >= 0.3 is 0 Å². The van der Waals surface area contributed by atoms with E-state index in [4.69, 9.17) is 0 Å². The van der Waals surface area contributed by atoms with Gasteiger partial charge in [0.05, 0.1) is 11.5 Å². The number of carbonyl (C=O) groups excluding carboxylic acids is 1. The van der Waals surface area contributed by atoms with Gasteiger partial charge in [0, 0.05) is 18.8 Å². The standard InChI is InChI=1S/C16H24N2O3S/c1-4-13-5-7-14(8-6-13)17-12(2)16(19)18(3)15-9-10-22(20,21)11-15/h5-8,12,15,17H,4,9-11H2,1-3H3. The van der Waals surface area contributed by atoms with Crippen molar-refractivity contribution in [2.75, 3.05) is 23.9 Å². The zero-order valence-corrected chi connectivity index (χ0v) is 14.2. The van der Waals surface area contributed by atoms with Crippen LogP contribution in [0.15, 0.2) is 24.3 Å². The third kappa shape index (κ3) is 4.00. The molecule has 122 valence electrons. The minimum atomic E-state index is -2.98. The van der Waals surface area contributed by atoms with Crippen molar-refractivity contribution in [2.45, 2.75) is 38.8 Å². The van der Waals surface area contributed by atoms with Crippen LogP contribution in [0.5, 0.6) is 0 Å². The van der Waals surface area contributed by atoms with E-state index in [0.717, 1.165) is 12.1 Å². The summed E-state index contributed by atoms with van der Waals surface area (Å²) in [6.45, 7) is 3.90. The number of aryl methyl sites for hydroxylation is 1. The van der Waals surface area contributed by atoms with Gasteiger partial charge in [0.15, 0.2) is 9.84 Å². The van der Waals surface area contributed by atoms with Gasteiger partial charge in [0.2, 0.25) is 5.91 Å². The molecule has 0 saturated carbocycles. The van der Waals surface area contributed by atoms with Gasteiger partial charge < -0.3 is 10.2 Å². The van der Waals surface area contributed by atoms with Crippen LogP contribution in [0.4, 0.5) is 5.69 Å². The molecule has 0 spiro atoms. The number of likely N-dealkylation sites (N-methyl/N-ethyl adjacent to an activating group) is 1. The van der Waals surface area contributed by atoms with Crippen molar-refractivity contribution in [3.05, 3.63) is 29.8 Å². The highest BCUT2D eigenvalue weighted by atomic mass is 32.2. The molecule has 1 aliphatic rings. The molecular formula is C16H24N2O3S. The Kier molecular flexibility index (Phi) is 5.11. The fourth-order valence-electron chi connectivity index (χ4n) is 2.71. The molecule has 1 saturated heterocycles. The molecule has 1 aromatic rings. The molecular weight excluding hydrogens is 300 g/mol. The number of nitrogens with zero attached hydrogens (tertiary/aromatic N) is 1. The summed E-state index contributed by atoms with van der Waals surface area (Å²) < 4.78 is 23.1. The largest absolute Gasteiger partial charge is 0.374 e. The fraction of sp³-hybridized carbons (Fsp3) is 0.562. The minimum absolute atomic E-state index is 0.0765. The SMILES string of the molecule is CCc1ccc(NC(C)C(=O)N(C)C2CCS(=O)(=O)C2)cc1. The summed E-state index contributed by atoms with van der Waals surface area (Å²) in [4.78, 5) is 14.0. The van der Waals surface area contributed by atoms with Crippen LogP contribution < -0.4 is 5.32 Å². The van der Waals surface area contributed by atoms with Crippen molar-refractivity contribution in [1.82, 2.24) is 4.90 Å². The molecule has 0 aromatic heterocycles. The quantitative estimate of drug-likeness (QED) is 0.895. The Labute approximate surface area is 132 Å². The Balaban J connectivity index is 1.96. The van der Waals surface area contributed by atoms with Gasteiger partial charge in [-0.15, -0.1) is 0 Å². The number of anilines is 1. The molecule has 0 bridgehead atoms. The highest BCUT2D eigenvalue weighted by Gasteiger charge is 2.33. The monoisotopic (exact) mass is 324 g/mol. The molecule has 2 rings (SSSR count). The van der Waals surface area contributed by atoms with Crippen molar-refractivity contribution < 1.29 is 13.2 Å². The molecule has 1 fully saturated rings. The van der Waals surface area contributed by atoms with Gasteiger partial charge in [-0.3, -0.25) is 4.79 Å². The van der Waals surface area contributed by atoms with Gasteiger partial charge in [0.25, 0.3) is 0 Å². The van der Waals surface area contributed by atoms with Crippen LogP contribution in [0.1, 0.15) is 25.8 Å². The summed E-state index contributed by atoms with van der Waals surface area (Å²) in [5, 5.41) is 3.18. The molecule has 6 heteroatoms. The molecule has 1 aliphatic heterocycles. The molecule has 1 aromatic carbocycles. The van der Waals surface area contributed by atoms with Crippen LogP contribution in [0.25, 0.3) is 0 Å². The first-order chi connectivity index (χ1) is 10.3. The molecule has 1 N–H and O–H groups in total. The molecule has 1 amide bonds.